The van der Waals surface area contributed by atoms with Crippen LogP contribution in [0.3, 0.4) is 0 Å². The minimum atomic E-state index is 0.794. The van der Waals surface area contributed by atoms with Gasteiger partial charge in [-0.2, -0.15) is 0 Å². The lowest BCUT2D eigenvalue weighted by Crippen LogP contribution is -2.12. The summed E-state index contributed by atoms with van der Waals surface area (Å²) in [4.78, 5) is 19.4. The van der Waals surface area contributed by atoms with Crippen LogP contribution in [-0.2, 0) is 6.42 Å². The van der Waals surface area contributed by atoms with Crippen molar-refractivity contribution < 1.29 is 0 Å². The number of nitrogens with zero attached hydrogens (tertiary/aromatic N) is 5. The predicted molar refractivity (Wildman–Crippen MR) is 104 cm³/mol. The second-order valence-electron chi connectivity index (χ2n) is 6.26. The van der Waals surface area contributed by atoms with Crippen molar-refractivity contribution in [2.45, 2.75) is 13.3 Å². The fourth-order valence-electron chi connectivity index (χ4n) is 2.96. The first-order valence-corrected chi connectivity index (χ1v) is 8.50. The number of hydrogen-bond donors (Lipinski definition) is 0. The molecule has 0 aliphatic rings. The molecule has 0 bridgehead atoms. The van der Waals surface area contributed by atoms with Gasteiger partial charge in [0.2, 0.25) is 0 Å². The Morgan fingerprint density at radius 2 is 1.54 bits per heavy atom. The molecule has 0 amide bonds. The van der Waals surface area contributed by atoms with E-state index in [4.69, 9.17) is 0 Å². The maximum absolute atomic E-state index is 4.48. The van der Waals surface area contributed by atoms with Crippen molar-refractivity contribution in [3.05, 3.63) is 84.2 Å². The van der Waals surface area contributed by atoms with Crippen molar-refractivity contribution in [2.24, 2.45) is 0 Å². The lowest BCUT2D eigenvalue weighted by Gasteiger charge is -2.20. The number of aromatic nitrogens is 4. The number of aryl methyl sites for hydroxylation is 1. The summed E-state index contributed by atoms with van der Waals surface area (Å²) in [6.07, 6.45) is 6.20. The van der Waals surface area contributed by atoms with Gasteiger partial charge < -0.3 is 4.90 Å². The van der Waals surface area contributed by atoms with Crippen LogP contribution in [-0.4, -0.2) is 27.0 Å². The molecule has 2 aromatic heterocycles. The fraction of sp³-hybridized carbons (Fsp3) is 0.143. The van der Waals surface area contributed by atoms with E-state index in [1.54, 1.807) is 6.33 Å². The van der Waals surface area contributed by atoms with Crippen LogP contribution >= 0.6 is 0 Å². The molecule has 0 aliphatic heterocycles. The molecular formula is C21H19N5. The summed E-state index contributed by atoms with van der Waals surface area (Å²) in [6, 6.07) is 16.5. The van der Waals surface area contributed by atoms with Gasteiger partial charge in [0, 0.05) is 36.9 Å². The van der Waals surface area contributed by atoms with Gasteiger partial charge in [0.1, 0.15) is 18.0 Å². The quantitative estimate of drug-likeness (QED) is 0.560. The first-order valence-electron chi connectivity index (χ1n) is 8.50. The van der Waals surface area contributed by atoms with Gasteiger partial charge in [0.25, 0.3) is 0 Å². The SMILES string of the molecule is Cc1ncc(Cc2ccc(N(C)c3ncnc4ccccc34)cc2)cn1. The first kappa shape index (κ1) is 16.1. The van der Waals surface area contributed by atoms with E-state index in [0.29, 0.717) is 0 Å². The van der Waals surface area contributed by atoms with E-state index in [1.807, 2.05) is 50.6 Å². The third kappa shape index (κ3) is 3.24. The molecule has 0 spiro atoms. The zero-order chi connectivity index (χ0) is 17.9. The molecule has 5 heteroatoms. The van der Waals surface area contributed by atoms with Gasteiger partial charge in [-0.15, -0.1) is 0 Å². The van der Waals surface area contributed by atoms with Crippen LogP contribution in [0.5, 0.6) is 0 Å². The lowest BCUT2D eigenvalue weighted by molar-refractivity contribution is 1.00. The Morgan fingerprint density at radius 1 is 0.808 bits per heavy atom. The van der Waals surface area contributed by atoms with Crippen molar-refractivity contribution in [3.8, 4) is 0 Å². The van der Waals surface area contributed by atoms with Crippen molar-refractivity contribution in [3.63, 3.8) is 0 Å². The summed E-state index contributed by atoms with van der Waals surface area (Å²) in [5, 5.41) is 1.04. The van der Waals surface area contributed by atoms with E-state index >= 15 is 0 Å². The van der Waals surface area contributed by atoms with E-state index < -0.39 is 0 Å². The largest absolute Gasteiger partial charge is 0.329 e. The first-order chi connectivity index (χ1) is 12.7. The molecule has 128 valence electrons. The molecule has 0 radical (unpaired) electrons. The van der Waals surface area contributed by atoms with Gasteiger partial charge in [-0.25, -0.2) is 19.9 Å². The Morgan fingerprint density at radius 3 is 2.31 bits per heavy atom. The summed E-state index contributed by atoms with van der Waals surface area (Å²) < 4.78 is 0. The van der Waals surface area contributed by atoms with Crippen molar-refractivity contribution in [2.75, 3.05) is 11.9 Å². The molecule has 4 rings (SSSR count). The van der Waals surface area contributed by atoms with Crippen LogP contribution in [0.15, 0.2) is 67.3 Å². The van der Waals surface area contributed by atoms with Crippen LogP contribution in [0.25, 0.3) is 10.9 Å². The van der Waals surface area contributed by atoms with Crippen molar-refractivity contribution in [1.82, 2.24) is 19.9 Å². The molecule has 5 nitrogen and oxygen atoms in total. The number of anilines is 2. The molecule has 2 aromatic carbocycles. The number of rotatable bonds is 4. The van der Waals surface area contributed by atoms with E-state index in [-0.39, 0.29) is 0 Å². The predicted octanol–water partition coefficient (Wildman–Crippen LogP) is 4.09. The van der Waals surface area contributed by atoms with Gasteiger partial charge in [-0.05, 0) is 42.3 Å². The zero-order valence-corrected chi connectivity index (χ0v) is 14.8. The van der Waals surface area contributed by atoms with E-state index in [2.05, 4.69) is 49.1 Å². The molecule has 4 aromatic rings. The molecule has 0 aliphatic carbocycles. The van der Waals surface area contributed by atoms with E-state index in [1.165, 1.54) is 5.56 Å². The highest BCUT2D eigenvalue weighted by molar-refractivity contribution is 5.91. The second kappa shape index (κ2) is 6.88. The van der Waals surface area contributed by atoms with Gasteiger partial charge >= 0.3 is 0 Å². The average Bonchev–Trinajstić information content (AvgIpc) is 2.69. The molecule has 0 N–H and O–H groups in total. The van der Waals surface area contributed by atoms with E-state index in [9.17, 15) is 0 Å². The fourth-order valence-corrected chi connectivity index (χ4v) is 2.96. The summed E-state index contributed by atoms with van der Waals surface area (Å²) in [6.45, 7) is 1.89. The minimum Gasteiger partial charge on any atom is -0.329 e. The average molecular weight is 341 g/mol. The summed E-state index contributed by atoms with van der Waals surface area (Å²) in [5.41, 5.74) is 4.36. The summed E-state index contributed by atoms with van der Waals surface area (Å²) in [7, 11) is 2.03. The van der Waals surface area contributed by atoms with Gasteiger partial charge in [0.05, 0.1) is 5.52 Å². The van der Waals surface area contributed by atoms with Crippen LogP contribution < -0.4 is 4.90 Å². The van der Waals surface area contributed by atoms with Gasteiger partial charge in [-0.3, -0.25) is 0 Å². The van der Waals surface area contributed by atoms with Crippen LogP contribution in [0.4, 0.5) is 11.5 Å². The van der Waals surface area contributed by atoms with Crippen molar-refractivity contribution >= 4 is 22.4 Å². The van der Waals surface area contributed by atoms with Gasteiger partial charge in [-0.1, -0.05) is 24.3 Å². The topological polar surface area (TPSA) is 54.8 Å². The zero-order valence-electron chi connectivity index (χ0n) is 14.8. The number of benzene rings is 2. The van der Waals surface area contributed by atoms with Crippen LogP contribution in [0, 0.1) is 6.92 Å². The molecule has 26 heavy (non-hydrogen) atoms. The molecule has 0 saturated heterocycles. The molecule has 0 fully saturated rings. The Balaban J connectivity index is 1.58. The minimum absolute atomic E-state index is 0.794. The maximum atomic E-state index is 4.48. The highest BCUT2D eigenvalue weighted by Crippen LogP contribution is 2.28. The van der Waals surface area contributed by atoms with Crippen LogP contribution in [0.2, 0.25) is 0 Å². The number of para-hydroxylation sites is 1. The summed E-state index contributed by atoms with van der Waals surface area (Å²) >= 11 is 0. The molecule has 0 saturated carbocycles. The Bertz CT molecular complexity index is 1020. The standard InChI is InChI=1S/C21H19N5/c1-15-22-12-17(13-23-15)11-16-7-9-18(10-8-16)26(2)21-19-5-3-4-6-20(19)24-14-25-21/h3-10,12-14H,11H2,1-2H3. The molecular weight excluding hydrogens is 322 g/mol. The third-order valence-electron chi connectivity index (χ3n) is 4.41. The highest BCUT2D eigenvalue weighted by atomic mass is 15.2. The van der Waals surface area contributed by atoms with Gasteiger partial charge in [0.15, 0.2) is 0 Å². The molecule has 0 unspecified atom stereocenters. The number of hydrogen-bond acceptors (Lipinski definition) is 5. The Hall–Kier alpha value is -3.34. The monoisotopic (exact) mass is 341 g/mol. The summed E-state index contributed by atoms with van der Waals surface area (Å²) in [5.74, 6) is 1.69. The lowest BCUT2D eigenvalue weighted by atomic mass is 10.1. The highest BCUT2D eigenvalue weighted by Gasteiger charge is 2.10. The Kier molecular flexibility index (Phi) is 4.27. The molecule has 0 atom stereocenters. The molecule has 2 heterocycles. The third-order valence-corrected chi connectivity index (χ3v) is 4.41. The maximum Gasteiger partial charge on any atom is 0.144 e. The van der Waals surface area contributed by atoms with Crippen molar-refractivity contribution in [1.29, 1.82) is 0 Å². The number of fused-ring (bicyclic) bond motifs is 1. The van der Waals surface area contributed by atoms with E-state index in [0.717, 1.165) is 40.2 Å². The Labute approximate surface area is 152 Å². The smallest absolute Gasteiger partial charge is 0.144 e. The normalized spacial score (nSPS) is 10.8. The second-order valence-corrected chi connectivity index (χ2v) is 6.26. The van der Waals surface area contributed by atoms with Crippen LogP contribution in [0.1, 0.15) is 17.0 Å².